The quantitative estimate of drug-likeness (QED) is 0.922. The van der Waals surface area contributed by atoms with Gasteiger partial charge in [-0.05, 0) is 12.5 Å². The smallest absolute Gasteiger partial charge is 0.411 e. The molecule has 0 bridgehead atoms. The molecule has 20 heavy (non-hydrogen) atoms. The summed E-state index contributed by atoms with van der Waals surface area (Å²) in [6.07, 6.45) is -2.37. The number of carbonyl (C=O) groups excluding carboxylic acids is 1. The van der Waals surface area contributed by atoms with Crippen LogP contribution in [-0.2, 0) is 16.1 Å². The number of aliphatic carboxylic acids is 1. The number of hydrogen-bond donors (Lipinski definition) is 1. The predicted octanol–water partition coefficient (Wildman–Crippen LogP) is 2.21. The number of nitrogens with zero attached hydrogens (tertiary/aromatic N) is 1. The van der Waals surface area contributed by atoms with Gasteiger partial charge in [-0.2, -0.15) is 0 Å². The Morgan fingerprint density at radius 2 is 2.10 bits per heavy atom. The van der Waals surface area contributed by atoms with Crippen LogP contribution in [-0.4, -0.2) is 40.3 Å². The number of carboxylic acids is 1. The Balaban J connectivity index is 2.03. The molecule has 1 amide bonds. The first-order chi connectivity index (χ1) is 9.43. The minimum Gasteiger partial charge on any atom is -0.480 e. The highest BCUT2D eigenvalue weighted by Gasteiger charge is 2.51. The van der Waals surface area contributed by atoms with Gasteiger partial charge >= 0.3 is 12.1 Å². The topological polar surface area (TPSA) is 66.8 Å². The zero-order valence-electron chi connectivity index (χ0n) is 11.1. The van der Waals surface area contributed by atoms with Crippen molar-refractivity contribution in [1.29, 1.82) is 0 Å². The SMILES string of the molecule is C[C@@]1(C(=O)O)C[C@@H](F)CN1C(=O)OCc1ccccc1. The second kappa shape index (κ2) is 5.48. The van der Waals surface area contributed by atoms with Gasteiger partial charge in [0, 0.05) is 6.42 Å². The van der Waals surface area contributed by atoms with Gasteiger partial charge in [-0.15, -0.1) is 0 Å². The fraction of sp³-hybridized carbons (Fsp3) is 0.429. The Morgan fingerprint density at radius 3 is 2.70 bits per heavy atom. The number of alkyl halides is 1. The lowest BCUT2D eigenvalue weighted by atomic mass is 9.99. The molecule has 1 heterocycles. The summed E-state index contributed by atoms with van der Waals surface area (Å²) in [4.78, 5) is 24.1. The van der Waals surface area contributed by atoms with Crippen molar-refractivity contribution < 1.29 is 23.8 Å². The maximum atomic E-state index is 13.4. The van der Waals surface area contributed by atoms with Gasteiger partial charge in [-0.3, -0.25) is 4.90 Å². The zero-order valence-corrected chi connectivity index (χ0v) is 11.1. The van der Waals surface area contributed by atoms with E-state index in [2.05, 4.69) is 0 Å². The Morgan fingerprint density at radius 1 is 1.45 bits per heavy atom. The van der Waals surface area contributed by atoms with Crippen LogP contribution in [0.15, 0.2) is 30.3 Å². The average Bonchev–Trinajstić information content (AvgIpc) is 2.74. The van der Waals surface area contributed by atoms with E-state index in [9.17, 15) is 19.1 Å². The van der Waals surface area contributed by atoms with Crippen LogP contribution in [0.5, 0.6) is 0 Å². The van der Waals surface area contributed by atoms with Gasteiger partial charge in [-0.25, -0.2) is 14.0 Å². The monoisotopic (exact) mass is 281 g/mol. The Bertz CT molecular complexity index is 507. The van der Waals surface area contributed by atoms with Crippen LogP contribution in [0.25, 0.3) is 0 Å². The van der Waals surface area contributed by atoms with E-state index in [0.717, 1.165) is 10.5 Å². The summed E-state index contributed by atoms with van der Waals surface area (Å²) in [6.45, 7) is 1.11. The molecule has 0 spiro atoms. The average molecular weight is 281 g/mol. The minimum atomic E-state index is -1.55. The molecule has 1 aliphatic rings. The van der Waals surface area contributed by atoms with Gasteiger partial charge in [0.15, 0.2) is 0 Å². The van der Waals surface area contributed by atoms with Crippen molar-refractivity contribution in [3.63, 3.8) is 0 Å². The number of carboxylic acid groups (broad SMARTS) is 1. The van der Waals surface area contributed by atoms with Gasteiger partial charge in [0.05, 0.1) is 6.54 Å². The molecule has 1 N–H and O–H groups in total. The molecule has 5 nitrogen and oxygen atoms in total. The first-order valence-corrected chi connectivity index (χ1v) is 6.29. The zero-order chi connectivity index (χ0) is 14.8. The summed E-state index contributed by atoms with van der Waals surface area (Å²) in [5.74, 6) is -1.23. The van der Waals surface area contributed by atoms with Crippen LogP contribution in [0.3, 0.4) is 0 Å². The fourth-order valence-electron chi connectivity index (χ4n) is 2.28. The number of likely N-dealkylation sites (tertiary alicyclic amines) is 1. The Labute approximate surface area is 116 Å². The summed E-state index contributed by atoms with van der Waals surface area (Å²) in [5, 5.41) is 9.18. The van der Waals surface area contributed by atoms with Crippen molar-refractivity contribution in [1.82, 2.24) is 4.90 Å². The van der Waals surface area contributed by atoms with Crippen molar-refractivity contribution in [3.8, 4) is 0 Å². The predicted molar refractivity (Wildman–Crippen MR) is 68.9 cm³/mol. The number of halogens is 1. The number of benzene rings is 1. The molecule has 1 aromatic carbocycles. The van der Waals surface area contributed by atoms with Gasteiger partial charge in [-0.1, -0.05) is 30.3 Å². The third kappa shape index (κ3) is 2.74. The molecule has 1 aliphatic heterocycles. The second-order valence-electron chi connectivity index (χ2n) is 5.03. The number of hydrogen-bond acceptors (Lipinski definition) is 3. The number of rotatable bonds is 3. The third-order valence-electron chi connectivity index (χ3n) is 3.48. The van der Waals surface area contributed by atoms with Gasteiger partial charge < -0.3 is 9.84 Å². The first-order valence-electron chi connectivity index (χ1n) is 6.29. The van der Waals surface area contributed by atoms with Crippen molar-refractivity contribution in [2.75, 3.05) is 6.54 Å². The van der Waals surface area contributed by atoms with Crippen molar-refractivity contribution >= 4 is 12.1 Å². The molecule has 1 fully saturated rings. The first kappa shape index (κ1) is 14.3. The molecule has 0 unspecified atom stereocenters. The van der Waals surface area contributed by atoms with E-state index in [0.29, 0.717) is 0 Å². The van der Waals surface area contributed by atoms with E-state index in [1.54, 1.807) is 24.3 Å². The van der Waals surface area contributed by atoms with Crippen LogP contribution in [0, 0.1) is 0 Å². The fourth-order valence-corrected chi connectivity index (χ4v) is 2.28. The van der Waals surface area contributed by atoms with Gasteiger partial charge in [0.1, 0.15) is 18.3 Å². The summed E-state index contributed by atoms with van der Waals surface area (Å²) >= 11 is 0. The Kier molecular flexibility index (Phi) is 3.92. The highest BCUT2D eigenvalue weighted by molar-refractivity contribution is 5.84. The van der Waals surface area contributed by atoms with Gasteiger partial charge in [0.2, 0.25) is 0 Å². The molecule has 108 valence electrons. The molecule has 0 radical (unpaired) electrons. The molecule has 0 saturated carbocycles. The summed E-state index contributed by atoms with van der Waals surface area (Å²) < 4.78 is 18.5. The van der Waals surface area contributed by atoms with E-state index >= 15 is 0 Å². The maximum Gasteiger partial charge on any atom is 0.411 e. The van der Waals surface area contributed by atoms with Crippen LogP contribution >= 0.6 is 0 Å². The third-order valence-corrected chi connectivity index (χ3v) is 3.48. The van der Waals surface area contributed by atoms with Gasteiger partial charge in [0.25, 0.3) is 0 Å². The minimum absolute atomic E-state index is 0.0306. The normalized spacial score (nSPS) is 25.5. The lowest BCUT2D eigenvalue weighted by Gasteiger charge is -2.29. The standard InChI is InChI=1S/C14H16FNO4/c1-14(12(17)18)7-11(15)8-16(14)13(19)20-9-10-5-3-2-4-6-10/h2-6,11H,7-9H2,1H3,(H,17,18)/t11-,14+/m1/s1. The summed E-state index contributed by atoms with van der Waals surface area (Å²) in [6, 6.07) is 9.01. The number of amides is 1. The van der Waals surface area contributed by atoms with Crippen molar-refractivity contribution in [2.45, 2.75) is 31.7 Å². The van der Waals surface area contributed by atoms with E-state index in [1.165, 1.54) is 6.92 Å². The highest BCUT2D eigenvalue weighted by Crippen LogP contribution is 2.32. The van der Waals surface area contributed by atoms with Crippen LogP contribution in [0.1, 0.15) is 18.9 Å². The number of ether oxygens (including phenoxy) is 1. The maximum absolute atomic E-state index is 13.4. The molecular weight excluding hydrogens is 265 g/mol. The van der Waals surface area contributed by atoms with Crippen LogP contribution in [0.2, 0.25) is 0 Å². The molecule has 0 aromatic heterocycles. The molecule has 1 saturated heterocycles. The molecule has 2 atom stereocenters. The second-order valence-corrected chi connectivity index (χ2v) is 5.03. The molecule has 6 heteroatoms. The highest BCUT2D eigenvalue weighted by atomic mass is 19.1. The van der Waals surface area contributed by atoms with E-state index in [-0.39, 0.29) is 19.6 Å². The largest absolute Gasteiger partial charge is 0.480 e. The van der Waals surface area contributed by atoms with Crippen LogP contribution < -0.4 is 0 Å². The van der Waals surface area contributed by atoms with Crippen molar-refractivity contribution in [3.05, 3.63) is 35.9 Å². The molecule has 2 rings (SSSR count). The lowest BCUT2D eigenvalue weighted by molar-refractivity contribution is -0.147. The van der Waals surface area contributed by atoms with E-state index in [4.69, 9.17) is 4.74 Å². The van der Waals surface area contributed by atoms with E-state index in [1.807, 2.05) is 6.07 Å². The molecule has 1 aromatic rings. The molecular formula is C14H16FNO4. The van der Waals surface area contributed by atoms with E-state index < -0.39 is 23.8 Å². The molecule has 0 aliphatic carbocycles. The van der Waals surface area contributed by atoms with Crippen molar-refractivity contribution in [2.24, 2.45) is 0 Å². The lowest BCUT2D eigenvalue weighted by Crippen LogP contribution is -2.50. The van der Waals surface area contributed by atoms with Crippen LogP contribution in [0.4, 0.5) is 9.18 Å². The summed E-state index contributed by atoms with van der Waals surface area (Å²) in [5.41, 5.74) is -0.762. The summed E-state index contributed by atoms with van der Waals surface area (Å²) in [7, 11) is 0. The number of carbonyl (C=O) groups is 2. The Hall–Kier alpha value is -2.11.